The molecule has 0 unspecified atom stereocenters. The molecule has 43 heavy (non-hydrogen) atoms. The molecular weight excluding hydrogens is 558 g/mol. The zero-order valence-corrected chi connectivity index (χ0v) is 25.0. The number of nitrogens with one attached hydrogen (secondary N) is 3. The number of carbonyl (C=O) groups is 4. The van der Waals surface area contributed by atoms with E-state index in [9.17, 15) is 24.3 Å². The number of benzene rings is 1. The van der Waals surface area contributed by atoms with Gasteiger partial charge in [0.05, 0.1) is 7.11 Å². The summed E-state index contributed by atoms with van der Waals surface area (Å²) >= 11 is 0. The van der Waals surface area contributed by atoms with Crippen molar-refractivity contribution in [3.63, 3.8) is 0 Å². The van der Waals surface area contributed by atoms with E-state index in [-0.39, 0.29) is 47.2 Å². The van der Waals surface area contributed by atoms with Gasteiger partial charge in [-0.3, -0.25) is 14.4 Å². The molecule has 4 N–H and O–H groups in total. The van der Waals surface area contributed by atoms with Gasteiger partial charge in [0.2, 0.25) is 29.5 Å². The van der Waals surface area contributed by atoms with Crippen LogP contribution in [0.15, 0.2) is 33.3 Å². The van der Waals surface area contributed by atoms with Crippen LogP contribution in [0.5, 0.6) is 0 Å². The molecule has 2 aliphatic rings. The normalized spacial score (nSPS) is 22.3. The molecule has 3 aromatic rings. The van der Waals surface area contributed by atoms with Crippen LogP contribution >= 0.6 is 0 Å². The molecule has 0 saturated heterocycles. The highest BCUT2D eigenvalue weighted by Gasteiger charge is 2.51. The molecule has 228 valence electrons. The van der Waals surface area contributed by atoms with Gasteiger partial charge < -0.3 is 34.6 Å². The average molecular weight is 594 g/mol. The molecule has 0 aliphatic carbocycles. The van der Waals surface area contributed by atoms with Gasteiger partial charge in [-0.1, -0.05) is 46.8 Å². The van der Waals surface area contributed by atoms with Crippen LogP contribution in [-0.2, 0) is 31.0 Å². The lowest BCUT2D eigenvalue weighted by Crippen LogP contribution is -2.53. The average Bonchev–Trinajstić information content (AvgIpc) is 3.66. The summed E-state index contributed by atoms with van der Waals surface area (Å²) in [5.74, 6) is -2.57. The van der Waals surface area contributed by atoms with Gasteiger partial charge in [-0.05, 0) is 35.4 Å². The number of carbonyl (C=O) groups excluding carboxylic acids is 4. The van der Waals surface area contributed by atoms with Crippen LogP contribution in [0.25, 0.3) is 11.6 Å². The number of hydrogen-bond acceptors (Lipinski definition) is 10. The summed E-state index contributed by atoms with van der Waals surface area (Å²) in [6.07, 6.45) is -0.109. The number of aliphatic hydroxyl groups excluding tert-OH is 1. The van der Waals surface area contributed by atoms with Gasteiger partial charge in [0.1, 0.15) is 29.9 Å². The number of rotatable bonds is 5. The monoisotopic (exact) mass is 593 g/mol. The second kappa shape index (κ2) is 10.6. The van der Waals surface area contributed by atoms with Crippen molar-refractivity contribution in [3.05, 3.63) is 52.9 Å². The second-order valence-corrected chi connectivity index (χ2v) is 12.5. The number of aromatic nitrogens is 2. The number of methoxy groups -OCH3 is 1. The fourth-order valence-electron chi connectivity index (χ4n) is 5.26. The molecular formula is C30H35N5O8. The van der Waals surface area contributed by atoms with E-state index >= 15 is 0 Å². The van der Waals surface area contributed by atoms with E-state index < -0.39 is 46.8 Å². The summed E-state index contributed by atoms with van der Waals surface area (Å²) in [6.45, 7) is 10.7. The van der Waals surface area contributed by atoms with E-state index in [1.807, 2.05) is 20.8 Å². The van der Waals surface area contributed by atoms with Crippen LogP contribution in [0.2, 0.25) is 0 Å². The Bertz CT molecular complexity index is 1620. The van der Waals surface area contributed by atoms with Crippen molar-refractivity contribution >= 4 is 29.4 Å². The maximum atomic E-state index is 13.8. The minimum atomic E-state index is -1.41. The van der Waals surface area contributed by atoms with Crippen LogP contribution in [-0.4, -0.2) is 58.0 Å². The predicted octanol–water partition coefficient (Wildman–Crippen LogP) is 2.64. The molecule has 0 radical (unpaired) electrons. The van der Waals surface area contributed by atoms with Gasteiger partial charge in [0.15, 0.2) is 17.1 Å². The van der Waals surface area contributed by atoms with Gasteiger partial charge in [0, 0.05) is 12.1 Å². The minimum absolute atomic E-state index is 0.0650. The molecule has 2 aromatic heterocycles. The smallest absolute Gasteiger partial charge is 0.360 e. The number of hydrogen-bond donors (Lipinski definition) is 4. The van der Waals surface area contributed by atoms with Gasteiger partial charge in [0.25, 0.3) is 0 Å². The number of amides is 3. The molecule has 1 aromatic carbocycles. The van der Waals surface area contributed by atoms with E-state index in [4.69, 9.17) is 13.6 Å². The first-order chi connectivity index (χ1) is 20.1. The largest absolute Gasteiger partial charge is 0.464 e. The van der Waals surface area contributed by atoms with Crippen LogP contribution in [0.3, 0.4) is 0 Å². The van der Waals surface area contributed by atoms with Crippen LogP contribution in [0.1, 0.15) is 80.9 Å². The molecule has 0 fully saturated rings. The first kappa shape index (κ1) is 30.0. The summed E-state index contributed by atoms with van der Waals surface area (Å²) < 4.78 is 16.8. The highest BCUT2D eigenvalue weighted by Crippen LogP contribution is 2.48. The third kappa shape index (κ3) is 5.18. The lowest BCUT2D eigenvalue weighted by atomic mass is 9.79. The van der Waals surface area contributed by atoms with Gasteiger partial charge >= 0.3 is 5.97 Å². The first-order valence-electron chi connectivity index (χ1n) is 13.9. The van der Waals surface area contributed by atoms with Gasteiger partial charge in [-0.25, -0.2) is 14.8 Å². The van der Waals surface area contributed by atoms with Crippen molar-refractivity contribution in [2.45, 2.75) is 71.6 Å². The maximum Gasteiger partial charge on any atom is 0.360 e. The molecule has 5 rings (SSSR count). The van der Waals surface area contributed by atoms with Crippen molar-refractivity contribution in [1.29, 1.82) is 0 Å². The summed E-state index contributed by atoms with van der Waals surface area (Å²) in [5.41, 5.74) is -0.362. The molecule has 4 bridgehead atoms. The maximum absolute atomic E-state index is 13.8. The lowest BCUT2D eigenvalue weighted by Gasteiger charge is -2.31. The number of anilines is 1. The Kier molecular flexibility index (Phi) is 7.41. The summed E-state index contributed by atoms with van der Waals surface area (Å²) in [5, 5.41) is 18.9. The molecule has 0 saturated carbocycles. The van der Waals surface area contributed by atoms with Crippen molar-refractivity contribution < 1.29 is 37.9 Å². The number of ether oxygens (including phenoxy) is 1. The van der Waals surface area contributed by atoms with E-state index in [2.05, 4.69) is 25.9 Å². The highest BCUT2D eigenvalue weighted by atomic mass is 16.5. The molecule has 0 spiro atoms. The molecule has 13 heteroatoms. The zero-order valence-electron chi connectivity index (χ0n) is 25.0. The molecule has 2 aliphatic heterocycles. The summed E-state index contributed by atoms with van der Waals surface area (Å²) in [7, 11) is 1.21. The Labute approximate surface area is 247 Å². The number of oxazole rings is 2. The molecule has 4 heterocycles. The third-order valence-electron chi connectivity index (χ3n) is 7.90. The first-order valence-corrected chi connectivity index (χ1v) is 13.9. The predicted molar refractivity (Wildman–Crippen MR) is 152 cm³/mol. The summed E-state index contributed by atoms with van der Waals surface area (Å²) in [4.78, 5) is 61.4. The number of fused-ring (bicyclic) bond motifs is 4. The van der Waals surface area contributed by atoms with E-state index in [0.29, 0.717) is 16.8 Å². The Morgan fingerprint density at radius 3 is 2.58 bits per heavy atom. The van der Waals surface area contributed by atoms with Crippen LogP contribution in [0.4, 0.5) is 5.69 Å². The van der Waals surface area contributed by atoms with Crippen molar-refractivity contribution in [1.82, 2.24) is 20.6 Å². The Morgan fingerprint density at radius 2 is 1.93 bits per heavy atom. The Hall–Kier alpha value is -4.52. The second-order valence-electron chi connectivity index (χ2n) is 12.5. The molecule has 13 nitrogen and oxygen atoms in total. The molecule has 3 amide bonds. The topological polar surface area (TPSA) is 186 Å². The van der Waals surface area contributed by atoms with Gasteiger partial charge in [-0.15, -0.1) is 0 Å². The van der Waals surface area contributed by atoms with E-state index in [1.54, 1.807) is 39.0 Å². The molecule has 4 atom stereocenters. The zero-order chi connectivity index (χ0) is 31.4. The number of nitrogens with zero attached hydrogens (tertiary/aromatic N) is 2. The van der Waals surface area contributed by atoms with E-state index in [0.717, 1.165) is 6.26 Å². The Balaban J connectivity index is 1.72. The summed E-state index contributed by atoms with van der Waals surface area (Å²) in [6, 6.07) is 3.33. The van der Waals surface area contributed by atoms with Crippen LogP contribution in [0, 0.1) is 11.3 Å². The number of aliphatic hydroxyl groups is 1. The number of esters is 1. The Morgan fingerprint density at radius 1 is 1.21 bits per heavy atom. The highest BCUT2D eigenvalue weighted by molar-refractivity contribution is 6.08. The quantitative estimate of drug-likeness (QED) is 0.321. The van der Waals surface area contributed by atoms with Crippen molar-refractivity contribution in [2.75, 3.05) is 12.4 Å². The standard InChI is InChI=1S/C30H35N5O8/c1-13(2)20(36)24(38)31-17-11-14-8-9-16-15(10-14)30(6,28(40)33-16)22-19(25-32-18(12-42-25)27(39)41-7)34-26(43-22)21(29(3,4)5)35-23(17)37/h8-10,12-13,17,20-21,36H,11H2,1-7H3,(H,31,38)(H,33,40)(H,35,37)/t17-,20-,21+,30-/m0/s1. The lowest BCUT2D eigenvalue weighted by molar-refractivity contribution is -0.136. The third-order valence-corrected chi connectivity index (χ3v) is 7.90. The fourth-order valence-corrected chi connectivity index (χ4v) is 5.26. The van der Waals surface area contributed by atoms with Crippen molar-refractivity contribution in [2.24, 2.45) is 11.3 Å². The van der Waals surface area contributed by atoms with Gasteiger partial charge in [-0.2, -0.15) is 0 Å². The van der Waals surface area contributed by atoms with Crippen molar-refractivity contribution in [3.8, 4) is 11.6 Å². The fraction of sp³-hybridized carbons (Fsp3) is 0.467. The SMILES string of the molecule is COC(=O)c1coc(-c2nc3oc2[C@@]2(C)C(=O)Nc4ccc(cc42)C[C@H](NC(=O)[C@@H](O)C(C)C)C(=O)N[C@H]3C(C)(C)C)n1. The van der Waals surface area contributed by atoms with Crippen LogP contribution < -0.4 is 16.0 Å². The minimum Gasteiger partial charge on any atom is -0.464 e. The van der Waals surface area contributed by atoms with E-state index in [1.165, 1.54) is 7.11 Å².